The first kappa shape index (κ1) is 9.77. The van der Waals surface area contributed by atoms with Gasteiger partial charge in [-0.3, -0.25) is 4.68 Å². The average molecular weight is 201 g/mol. The number of nitrogens with one attached hydrogen (secondary N) is 1. The molecule has 0 aliphatic rings. The fourth-order valence-electron chi connectivity index (χ4n) is 1.57. The van der Waals surface area contributed by atoms with Gasteiger partial charge in [0.15, 0.2) is 0 Å². The Morgan fingerprint density at radius 3 is 2.60 bits per heavy atom. The minimum atomic E-state index is 0.301. The van der Waals surface area contributed by atoms with Crippen molar-refractivity contribution in [2.45, 2.75) is 13.0 Å². The highest BCUT2D eigenvalue weighted by Gasteiger charge is 2.04. The summed E-state index contributed by atoms with van der Waals surface area (Å²) in [7, 11) is 1.92. The molecule has 1 atom stereocenters. The molecule has 0 saturated heterocycles. The first-order valence-corrected chi connectivity index (χ1v) is 5.06. The first-order valence-electron chi connectivity index (χ1n) is 5.06. The lowest BCUT2D eigenvalue weighted by Crippen LogP contribution is -2.05. The van der Waals surface area contributed by atoms with Gasteiger partial charge in [0.25, 0.3) is 0 Å². The standard InChI is InChI=1S/C12H15N3/c1-10(11-6-4-3-5-7-11)14-12-8-13-15(2)9-12/h3-10,14H,1-2H3/t10-/m1/s1. The Balaban J connectivity index is 2.07. The highest BCUT2D eigenvalue weighted by atomic mass is 15.3. The van der Waals surface area contributed by atoms with Gasteiger partial charge >= 0.3 is 0 Å². The van der Waals surface area contributed by atoms with Gasteiger partial charge in [0, 0.05) is 19.3 Å². The van der Waals surface area contributed by atoms with Crippen molar-refractivity contribution in [3.8, 4) is 0 Å². The van der Waals surface area contributed by atoms with Crippen LogP contribution in [-0.2, 0) is 7.05 Å². The molecule has 15 heavy (non-hydrogen) atoms. The normalized spacial score (nSPS) is 12.4. The Hall–Kier alpha value is -1.77. The van der Waals surface area contributed by atoms with Crippen LogP contribution in [0.15, 0.2) is 42.7 Å². The highest BCUT2D eigenvalue weighted by Crippen LogP contribution is 2.17. The molecule has 1 N–H and O–H groups in total. The Kier molecular flexibility index (Phi) is 2.72. The van der Waals surface area contributed by atoms with E-state index in [1.165, 1.54) is 5.56 Å². The Bertz CT molecular complexity index is 419. The second-order valence-corrected chi connectivity index (χ2v) is 3.68. The Morgan fingerprint density at radius 1 is 1.27 bits per heavy atom. The van der Waals surface area contributed by atoms with Gasteiger partial charge in [0.1, 0.15) is 0 Å². The summed E-state index contributed by atoms with van der Waals surface area (Å²) in [5, 5.41) is 7.51. The Labute approximate surface area is 89.7 Å². The number of aromatic nitrogens is 2. The molecular weight excluding hydrogens is 186 g/mol. The van der Waals surface area contributed by atoms with Gasteiger partial charge in [-0.2, -0.15) is 5.10 Å². The molecule has 0 radical (unpaired) electrons. The molecule has 1 heterocycles. The van der Waals surface area contributed by atoms with Crippen LogP contribution in [-0.4, -0.2) is 9.78 Å². The second-order valence-electron chi connectivity index (χ2n) is 3.68. The van der Waals surface area contributed by atoms with E-state index in [-0.39, 0.29) is 0 Å². The van der Waals surface area contributed by atoms with E-state index in [0.29, 0.717) is 6.04 Å². The predicted molar refractivity (Wildman–Crippen MR) is 61.7 cm³/mol. The van der Waals surface area contributed by atoms with E-state index in [0.717, 1.165) is 5.69 Å². The van der Waals surface area contributed by atoms with Gasteiger partial charge in [-0.05, 0) is 12.5 Å². The van der Waals surface area contributed by atoms with Crippen molar-refractivity contribution >= 4 is 5.69 Å². The molecule has 3 nitrogen and oxygen atoms in total. The van der Waals surface area contributed by atoms with Crippen LogP contribution >= 0.6 is 0 Å². The van der Waals surface area contributed by atoms with Crippen molar-refractivity contribution < 1.29 is 0 Å². The molecular formula is C12H15N3. The van der Waals surface area contributed by atoms with E-state index in [1.54, 1.807) is 4.68 Å². The molecule has 0 bridgehead atoms. The number of anilines is 1. The molecule has 1 aromatic carbocycles. The molecule has 78 valence electrons. The van der Waals surface area contributed by atoms with Crippen molar-refractivity contribution in [1.82, 2.24) is 9.78 Å². The van der Waals surface area contributed by atoms with Gasteiger partial charge in [-0.25, -0.2) is 0 Å². The average Bonchev–Trinajstić information content (AvgIpc) is 2.65. The number of hydrogen-bond donors (Lipinski definition) is 1. The van der Waals surface area contributed by atoms with Gasteiger partial charge in [0.05, 0.1) is 11.9 Å². The summed E-state index contributed by atoms with van der Waals surface area (Å²) >= 11 is 0. The summed E-state index contributed by atoms with van der Waals surface area (Å²) < 4.78 is 1.79. The van der Waals surface area contributed by atoms with Crippen LogP contribution in [0.2, 0.25) is 0 Å². The van der Waals surface area contributed by atoms with Crippen molar-refractivity contribution in [2.24, 2.45) is 7.05 Å². The number of hydrogen-bond acceptors (Lipinski definition) is 2. The molecule has 0 fully saturated rings. The number of nitrogens with zero attached hydrogens (tertiary/aromatic N) is 2. The molecule has 0 amide bonds. The van der Waals surface area contributed by atoms with Crippen LogP contribution in [0.5, 0.6) is 0 Å². The maximum atomic E-state index is 4.12. The summed E-state index contributed by atoms with van der Waals surface area (Å²) in [5.74, 6) is 0. The number of aryl methyl sites for hydroxylation is 1. The molecule has 0 aliphatic heterocycles. The fraction of sp³-hybridized carbons (Fsp3) is 0.250. The van der Waals surface area contributed by atoms with Crippen LogP contribution in [0, 0.1) is 0 Å². The Morgan fingerprint density at radius 2 is 2.00 bits per heavy atom. The van der Waals surface area contributed by atoms with E-state index in [1.807, 2.05) is 25.5 Å². The maximum Gasteiger partial charge on any atom is 0.0731 e. The summed E-state index contributed by atoms with van der Waals surface area (Å²) in [4.78, 5) is 0. The smallest absolute Gasteiger partial charge is 0.0731 e. The summed E-state index contributed by atoms with van der Waals surface area (Å²) in [6.07, 6.45) is 3.80. The van der Waals surface area contributed by atoms with E-state index in [4.69, 9.17) is 0 Å². The van der Waals surface area contributed by atoms with E-state index in [2.05, 4.69) is 41.6 Å². The predicted octanol–water partition coefficient (Wildman–Crippen LogP) is 2.59. The zero-order chi connectivity index (χ0) is 10.7. The number of benzene rings is 1. The molecule has 2 aromatic rings. The van der Waals surface area contributed by atoms with E-state index >= 15 is 0 Å². The topological polar surface area (TPSA) is 29.9 Å². The molecule has 1 aromatic heterocycles. The lowest BCUT2D eigenvalue weighted by molar-refractivity contribution is 0.767. The third-order valence-electron chi connectivity index (χ3n) is 2.39. The maximum absolute atomic E-state index is 4.12. The zero-order valence-electron chi connectivity index (χ0n) is 9.01. The van der Waals surface area contributed by atoms with Crippen molar-refractivity contribution in [2.75, 3.05) is 5.32 Å². The van der Waals surface area contributed by atoms with Crippen molar-refractivity contribution in [1.29, 1.82) is 0 Å². The monoisotopic (exact) mass is 201 g/mol. The van der Waals surface area contributed by atoms with Crippen LogP contribution in [0.25, 0.3) is 0 Å². The summed E-state index contributed by atoms with van der Waals surface area (Å²) in [6, 6.07) is 10.7. The summed E-state index contributed by atoms with van der Waals surface area (Å²) in [6.45, 7) is 2.14. The zero-order valence-corrected chi connectivity index (χ0v) is 9.01. The molecule has 0 saturated carbocycles. The van der Waals surface area contributed by atoms with Crippen LogP contribution in [0.4, 0.5) is 5.69 Å². The lowest BCUT2D eigenvalue weighted by Gasteiger charge is -2.13. The third-order valence-corrected chi connectivity index (χ3v) is 2.39. The van der Waals surface area contributed by atoms with Crippen LogP contribution in [0.3, 0.4) is 0 Å². The van der Waals surface area contributed by atoms with Crippen molar-refractivity contribution in [3.05, 3.63) is 48.3 Å². The number of rotatable bonds is 3. The first-order chi connectivity index (χ1) is 7.25. The van der Waals surface area contributed by atoms with Gasteiger partial charge in [-0.15, -0.1) is 0 Å². The minimum Gasteiger partial charge on any atom is -0.376 e. The van der Waals surface area contributed by atoms with E-state index in [9.17, 15) is 0 Å². The molecule has 0 unspecified atom stereocenters. The van der Waals surface area contributed by atoms with Gasteiger partial charge in [-0.1, -0.05) is 30.3 Å². The van der Waals surface area contributed by atoms with Gasteiger partial charge in [0.2, 0.25) is 0 Å². The minimum absolute atomic E-state index is 0.301. The third kappa shape index (κ3) is 2.37. The lowest BCUT2D eigenvalue weighted by atomic mass is 10.1. The molecule has 2 rings (SSSR count). The van der Waals surface area contributed by atoms with Crippen LogP contribution < -0.4 is 5.32 Å². The molecule has 0 aliphatic carbocycles. The summed E-state index contributed by atoms with van der Waals surface area (Å²) in [5.41, 5.74) is 2.33. The van der Waals surface area contributed by atoms with Crippen LogP contribution in [0.1, 0.15) is 18.5 Å². The molecule has 0 spiro atoms. The van der Waals surface area contributed by atoms with E-state index < -0.39 is 0 Å². The highest BCUT2D eigenvalue weighted by molar-refractivity contribution is 5.41. The van der Waals surface area contributed by atoms with Crippen molar-refractivity contribution in [3.63, 3.8) is 0 Å². The SMILES string of the molecule is C[C@@H](Nc1cnn(C)c1)c1ccccc1. The second kappa shape index (κ2) is 4.17. The quantitative estimate of drug-likeness (QED) is 0.827. The molecule has 3 heteroatoms. The van der Waals surface area contributed by atoms with Gasteiger partial charge < -0.3 is 5.32 Å². The largest absolute Gasteiger partial charge is 0.376 e. The fourth-order valence-corrected chi connectivity index (χ4v) is 1.57.